The van der Waals surface area contributed by atoms with E-state index in [4.69, 9.17) is 0 Å². The predicted molar refractivity (Wildman–Crippen MR) is 88.1 cm³/mol. The highest BCUT2D eigenvalue weighted by atomic mass is 14.2. The zero-order chi connectivity index (χ0) is 14.3. The molecule has 3 rings (SSSR count). The Morgan fingerprint density at radius 3 is 2.25 bits per heavy atom. The van der Waals surface area contributed by atoms with E-state index in [-0.39, 0.29) is 0 Å². The molecule has 0 heterocycles. The van der Waals surface area contributed by atoms with Crippen molar-refractivity contribution in [1.82, 2.24) is 0 Å². The van der Waals surface area contributed by atoms with Crippen molar-refractivity contribution < 1.29 is 0 Å². The number of hydrogen-bond donors (Lipinski definition) is 0. The maximum Gasteiger partial charge on any atom is -0.00577 e. The van der Waals surface area contributed by atoms with Crippen molar-refractivity contribution in [2.75, 3.05) is 0 Å². The minimum atomic E-state index is 0.593. The lowest BCUT2D eigenvalue weighted by molar-refractivity contribution is 0.867. The van der Waals surface area contributed by atoms with Crippen LogP contribution in [0.5, 0.6) is 0 Å². The molecule has 0 bridgehead atoms. The quantitative estimate of drug-likeness (QED) is 0.647. The van der Waals surface area contributed by atoms with E-state index in [1.54, 1.807) is 0 Å². The van der Waals surface area contributed by atoms with Gasteiger partial charge in [-0.2, -0.15) is 0 Å². The zero-order valence-electron chi connectivity index (χ0n) is 12.8. The Labute approximate surface area is 122 Å². The van der Waals surface area contributed by atoms with Crippen LogP contribution in [-0.4, -0.2) is 0 Å². The molecule has 2 aromatic rings. The average molecular weight is 262 g/mol. The summed E-state index contributed by atoms with van der Waals surface area (Å²) in [6.07, 6.45) is 3.47. The van der Waals surface area contributed by atoms with Crippen molar-refractivity contribution in [2.24, 2.45) is 0 Å². The molecule has 0 aromatic heterocycles. The topological polar surface area (TPSA) is 0 Å². The normalized spacial score (nSPS) is 13.6. The molecule has 0 nitrogen and oxygen atoms in total. The molecule has 0 atom stereocenters. The van der Waals surface area contributed by atoms with Gasteiger partial charge in [0, 0.05) is 0 Å². The number of hydrogen-bond acceptors (Lipinski definition) is 0. The van der Waals surface area contributed by atoms with Crippen molar-refractivity contribution in [1.29, 1.82) is 0 Å². The fourth-order valence-corrected chi connectivity index (χ4v) is 3.05. The van der Waals surface area contributed by atoms with Gasteiger partial charge in [-0.3, -0.25) is 0 Å². The van der Waals surface area contributed by atoms with E-state index in [0.717, 1.165) is 6.42 Å². The van der Waals surface area contributed by atoms with Gasteiger partial charge in [0.25, 0.3) is 0 Å². The molecule has 0 saturated heterocycles. The van der Waals surface area contributed by atoms with Crippen LogP contribution in [0, 0.1) is 6.92 Å². The summed E-state index contributed by atoms with van der Waals surface area (Å²) in [7, 11) is 0. The molecular weight excluding hydrogens is 240 g/mol. The first-order valence-corrected chi connectivity index (χ1v) is 7.46. The minimum absolute atomic E-state index is 0.593. The smallest absolute Gasteiger partial charge is 0.00577 e. The molecule has 0 aliphatic heterocycles. The number of fused-ring (bicyclic) bond motifs is 1. The molecule has 0 spiro atoms. The predicted octanol–water partition coefficient (Wildman–Crippen LogP) is 5.74. The lowest BCUT2D eigenvalue weighted by Gasteiger charge is -2.12. The summed E-state index contributed by atoms with van der Waals surface area (Å²) >= 11 is 0. The van der Waals surface area contributed by atoms with Gasteiger partial charge in [0.2, 0.25) is 0 Å². The summed E-state index contributed by atoms with van der Waals surface area (Å²) in [6.45, 7) is 8.93. The van der Waals surface area contributed by atoms with Gasteiger partial charge in [-0.25, -0.2) is 0 Å². The first-order chi connectivity index (χ1) is 9.56. The highest BCUT2D eigenvalue weighted by Gasteiger charge is 2.16. The van der Waals surface area contributed by atoms with Gasteiger partial charge < -0.3 is 0 Å². The fourth-order valence-electron chi connectivity index (χ4n) is 3.05. The van der Waals surface area contributed by atoms with Gasteiger partial charge in [-0.15, -0.1) is 0 Å². The first-order valence-electron chi connectivity index (χ1n) is 7.46. The van der Waals surface area contributed by atoms with Crippen LogP contribution in [0.3, 0.4) is 0 Å². The van der Waals surface area contributed by atoms with Crippen LogP contribution in [-0.2, 0) is 6.42 Å². The molecule has 1 aliphatic carbocycles. The number of aryl methyl sites for hydroxylation is 1. The SMILES string of the molecule is CC1=Cc2c(-c3ccc(C(C)C)cc3)ccc(C)c2C1. The Morgan fingerprint density at radius 1 is 0.900 bits per heavy atom. The van der Waals surface area contributed by atoms with Gasteiger partial charge in [0.15, 0.2) is 0 Å². The monoisotopic (exact) mass is 262 g/mol. The van der Waals surface area contributed by atoms with Crippen LogP contribution >= 0.6 is 0 Å². The van der Waals surface area contributed by atoms with Gasteiger partial charge in [-0.1, -0.05) is 61.9 Å². The third kappa shape index (κ3) is 2.20. The number of benzene rings is 2. The second-order valence-corrected chi connectivity index (χ2v) is 6.27. The van der Waals surface area contributed by atoms with Gasteiger partial charge in [0.05, 0.1) is 0 Å². The first kappa shape index (κ1) is 13.2. The van der Waals surface area contributed by atoms with E-state index in [2.05, 4.69) is 70.2 Å². The van der Waals surface area contributed by atoms with Crippen LogP contribution in [0.4, 0.5) is 0 Å². The Bertz CT molecular complexity index is 670. The summed E-state index contributed by atoms with van der Waals surface area (Å²) in [6, 6.07) is 13.6. The lowest BCUT2D eigenvalue weighted by atomic mass is 9.92. The lowest BCUT2D eigenvalue weighted by Crippen LogP contribution is -1.92. The van der Waals surface area contributed by atoms with Crippen LogP contribution in [0.2, 0.25) is 0 Å². The minimum Gasteiger partial charge on any atom is -0.0683 e. The second kappa shape index (κ2) is 4.94. The fraction of sp³-hybridized carbons (Fsp3) is 0.300. The molecule has 0 N–H and O–H groups in total. The highest BCUT2D eigenvalue weighted by molar-refractivity contribution is 5.81. The van der Waals surface area contributed by atoms with E-state index < -0.39 is 0 Å². The van der Waals surface area contributed by atoms with Crippen molar-refractivity contribution >= 4 is 6.08 Å². The Balaban J connectivity index is 2.09. The molecule has 2 aromatic carbocycles. The molecule has 0 heteroatoms. The molecule has 0 saturated carbocycles. The Morgan fingerprint density at radius 2 is 1.60 bits per heavy atom. The van der Waals surface area contributed by atoms with Crippen LogP contribution < -0.4 is 0 Å². The van der Waals surface area contributed by atoms with Crippen LogP contribution in [0.1, 0.15) is 48.9 Å². The van der Waals surface area contributed by atoms with E-state index >= 15 is 0 Å². The van der Waals surface area contributed by atoms with E-state index in [9.17, 15) is 0 Å². The standard InChI is InChI=1S/C20H22/c1-13(2)16-6-8-17(9-7-16)18-10-5-15(4)19-11-14(3)12-20(18)19/h5-10,12-13H,11H2,1-4H3. The summed E-state index contributed by atoms with van der Waals surface area (Å²) in [4.78, 5) is 0. The van der Waals surface area contributed by atoms with Crippen LogP contribution in [0.15, 0.2) is 42.0 Å². The molecule has 0 fully saturated rings. The van der Waals surface area contributed by atoms with Crippen molar-refractivity contribution in [2.45, 2.75) is 40.0 Å². The van der Waals surface area contributed by atoms with E-state index in [0.29, 0.717) is 5.92 Å². The molecule has 0 radical (unpaired) electrons. The Hall–Kier alpha value is -1.82. The molecule has 0 amide bonds. The van der Waals surface area contributed by atoms with Crippen molar-refractivity contribution in [3.8, 4) is 11.1 Å². The van der Waals surface area contributed by atoms with E-state index in [1.807, 2.05) is 0 Å². The molecular formula is C20H22. The van der Waals surface area contributed by atoms with Crippen molar-refractivity contribution in [3.05, 3.63) is 64.2 Å². The second-order valence-electron chi connectivity index (χ2n) is 6.27. The summed E-state index contributed by atoms with van der Waals surface area (Å²) in [5.74, 6) is 0.593. The number of rotatable bonds is 2. The van der Waals surface area contributed by atoms with Gasteiger partial charge >= 0.3 is 0 Å². The molecule has 0 unspecified atom stereocenters. The molecule has 1 aliphatic rings. The molecule has 20 heavy (non-hydrogen) atoms. The number of allylic oxidation sites excluding steroid dienone is 1. The van der Waals surface area contributed by atoms with Gasteiger partial charge in [0.1, 0.15) is 0 Å². The van der Waals surface area contributed by atoms with Crippen LogP contribution in [0.25, 0.3) is 17.2 Å². The summed E-state index contributed by atoms with van der Waals surface area (Å²) in [5, 5.41) is 0. The van der Waals surface area contributed by atoms with Gasteiger partial charge in [-0.05, 0) is 59.6 Å². The summed E-state index contributed by atoms with van der Waals surface area (Å²) in [5.41, 5.74) is 9.93. The largest absolute Gasteiger partial charge is 0.0683 e. The maximum absolute atomic E-state index is 2.36. The summed E-state index contributed by atoms with van der Waals surface area (Å²) < 4.78 is 0. The highest BCUT2D eigenvalue weighted by Crippen LogP contribution is 2.36. The van der Waals surface area contributed by atoms with Crippen molar-refractivity contribution in [3.63, 3.8) is 0 Å². The maximum atomic E-state index is 2.36. The third-order valence-electron chi connectivity index (χ3n) is 4.33. The zero-order valence-corrected chi connectivity index (χ0v) is 12.8. The third-order valence-corrected chi connectivity index (χ3v) is 4.33. The average Bonchev–Trinajstić information content (AvgIpc) is 2.82. The molecule has 102 valence electrons. The Kier molecular flexibility index (Phi) is 3.25. The van der Waals surface area contributed by atoms with E-state index in [1.165, 1.54) is 39.0 Å².